The van der Waals surface area contributed by atoms with Crippen LogP contribution >= 0.6 is 0 Å². The van der Waals surface area contributed by atoms with E-state index in [4.69, 9.17) is 0 Å². The molecule has 0 heteroatoms. The Balaban J connectivity index is 3.60. The minimum atomic E-state index is 0.643. The minimum absolute atomic E-state index is 0.643. The standard InChI is InChI=1S/C15H26/c1-6-14(4)10-8-12-15(5)11-7-9-13(2)3/h6,12,14H,1-2,7-11H2,3-5H3. The Morgan fingerprint density at radius 1 is 1.27 bits per heavy atom. The number of rotatable bonds is 8. The van der Waals surface area contributed by atoms with Gasteiger partial charge in [-0.25, -0.2) is 0 Å². The fourth-order valence-electron chi connectivity index (χ4n) is 1.48. The topological polar surface area (TPSA) is 0 Å². The van der Waals surface area contributed by atoms with Crippen molar-refractivity contribution < 1.29 is 0 Å². The SMILES string of the molecule is C=CC(C)CCC=C(C)CCCC(=C)C. The van der Waals surface area contributed by atoms with Crippen molar-refractivity contribution >= 4 is 0 Å². The Hall–Kier alpha value is -0.780. The smallest absolute Gasteiger partial charge is 0.0262 e. The first-order valence-corrected chi connectivity index (χ1v) is 5.98. The molecule has 0 nitrogen and oxygen atoms in total. The minimum Gasteiger partial charge on any atom is -0.103 e. The highest BCUT2D eigenvalue weighted by Crippen LogP contribution is 2.13. The summed E-state index contributed by atoms with van der Waals surface area (Å²) in [5, 5.41) is 0. The van der Waals surface area contributed by atoms with Crippen LogP contribution in [0.5, 0.6) is 0 Å². The lowest BCUT2D eigenvalue weighted by molar-refractivity contribution is 0.655. The van der Waals surface area contributed by atoms with Crippen molar-refractivity contribution in [3.63, 3.8) is 0 Å². The van der Waals surface area contributed by atoms with Crippen LogP contribution in [0.15, 0.2) is 36.5 Å². The van der Waals surface area contributed by atoms with E-state index >= 15 is 0 Å². The van der Waals surface area contributed by atoms with Gasteiger partial charge in [0.25, 0.3) is 0 Å². The summed E-state index contributed by atoms with van der Waals surface area (Å²) in [6, 6.07) is 0. The van der Waals surface area contributed by atoms with Crippen LogP contribution in [0.2, 0.25) is 0 Å². The van der Waals surface area contributed by atoms with Gasteiger partial charge in [0.05, 0.1) is 0 Å². The molecule has 0 bridgehead atoms. The van der Waals surface area contributed by atoms with Gasteiger partial charge < -0.3 is 0 Å². The molecule has 0 aromatic carbocycles. The van der Waals surface area contributed by atoms with Crippen molar-refractivity contribution in [1.82, 2.24) is 0 Å². The van der Waals surface area contributed by atoms with Crippen LogP contribution in [0, 0.1) is 5.92 Å². The first kappa shape index (κ1) is 14.2. The summed E-state index contributed by atoms with van der Waals surface area (Å²) < 4.78 is 0. The molecule has 0 amide bonds. The molecule has 0 aliphatic rings. The highest BCUT2D eigenvalue weighted by molar-refractivity contribution is 4.99. The van der Waals surface area contributed by atoms with Crippen molar-refractivity contribution in [2.24, 2.45) is 5.92 Å². The quantitative estimate of drug-likeness (QED) is 0.474. The van der Waals surface area contributed by atoms with Gasteiger partial charge in [-0.3, -0.25) is 0 Å². The summed E-state index contributed by atoms with van der Waals surface area (Å²) >= 11 is 0. The van der Waals surface area contributed by atoms with E-state index in [-0.39, 0.29) is 0 Å². The number of hydrogen-bond acceptors (Lipinski definition) is 0. The summed E-state index contributed by atoms with van der Waals surface area (Å²) in [7, 11) is 0. The summed E-state index contributed by atoms with van der Waals surface area (Å²) in [6.07, 6.45) is 10.4. The van der Waals surface area contributed by atoms with Crippen LogP contribution < -0.4 is 0 Å². The molecule has 1 unspecified atom stereocenters. The monoisotopic (exact) mass is 206 g/mol. The largest absolute Gasteiger partial charge is 0.103 e. The molecule has 0 N–H and O–H groups in total. The maximum Gasteiger partial charge on any atom is -0.0262 e. The molecule has 0 radical (unpaired) electrons. The second kappa shape index (κ2) is 8.52. The van der Waals surface area contributed by atoms with Gasteiger partial charge in [0.15, 0.2) is 0 Å². The lowest BCUT2D eigenvalue weighted by Gasteiger charge is -2.04. The van der Waals surface area contributed by atoms with Crippen molar-refractivity contribution in [3.8, 4) is 0 Å². The zero-order chi connectivity index (χ0) is 11.7. The van der Waals surface area contributed by atoms with Gasteiger partial charge in [0.1, 0.15) is 0 Å². The molecule has 1 atom stereocenters. The van der Waals surface area contributed by atoms with E-state index in [1.165, 1.54) is 36.8 Å². The molecule has 0 saturated carbocycles. The van der Waals surface area contributed by atoms with Crippen LogP contribution in [0.3, 0.4) is 0 Å². The van der Waals surface area contributed by atoms with E-state index in [0.717, 1.165) is 6.42 Å². The molecular weight excluding hydrogens is 180 g/mol. The van der Waals surface area contributed by atoms with Crippen molar-refractivity contribution in [1.29, 1.82) is 0 Å². The van der Waals surface area contributed by atoms with E-state index in [0.29, 0.717) is 5.92 Å². The fraction of sp³-hybridized carbons (Fsp3) is 0.600. The second-order valence-electron chi connectivity index (χ2n) is 4.65. The second-order valence-corrected chi connectivity index (χ2v) is 4.65. The van der Waals surface area contributed by atoms with Gasteiger partial charge in [-0.2, -0.15) is 0 Å². The Kier molecular flexibility index (Phi) is 8.08. The summed E-state index contributed by atoms with van der Waals surface area (Å²) in [5.41, 5.74) is 2.82. The summed E-state index contributed by atoms with van der Waals surface area (Å²) in [5.74, 6) is 0.643. The van der Waals surface area contributed by atoms with E-state index in [1.807, 2.05) is 6.08 Å². The molecule has 0 aliphatic heterocycles. The van der Waals surface area contributed by atoms with Gasteiger partial charge in [-0.15, -0.1) is 13.2 Å². The predicted octanol–water partition coefficient (Wildman–Crippen LogP) is 5.28. The number of hydrogen-bond donors (Lipinski definition) is 0. The van der Waals surface area contributed by atoms with Crippen LogP contribution in [-0.4, -0.2) is 0 Å². The van der Waals surface area contributed by atoms with E-state index in [2.05, 4.69) is 40.0 Å². The highest BCUT2D eigenvalue weighted by Gasteiger charge is 1.95. The van der Waals surface area contributed by atoms with Crippen molar-refractivity contribution in [2.75, 3.05) is 0 Å². The molecule has 86 valence electrons. The third-order valence-corrected chi connectivity index (χ3v) is 2.69. The van der Waals surface area contributed by atoms with Crippen LogP contribution in [0.1, 0.15) is 52.9 Å². The third kappa shape index (κ3) is 9.52. The zero-order valence-electron chi connectivity index (χ0n) is 10.7. The molecule has 0 aliphatic carbocycles. The fourth-order valence-corrected chi connectivity index (χ4v) is 1.48. The van der Waals surface area contributed by atoms with Gasteiger partial charge in [0.2, 0.25) is 0 Å². The van der Waals surface area contributed by atoms with Gasteiger partial charge >= 0.3 is 0 Å². The zero-order valence-corrected chi connectivity index (χ0v) is 10.7. The third-order valence-electron chi connectivity index (χ3n) is 2.69. The molecule has 0 saturated heterocycles. The average molecular weight is 206 g/mol. The molecule has 15 heavy (non-hydrogen) atoms. The molecule has 0 rings (SSSR count). The van der Waals surface area contributed by atoms with Gasteiger partial charge in [0, 0.05) is 0 Å². The average Bonchev–Trinajstić information content (AvgIpc) is 2.17. The molecule has 0 aromatic heterocycles. The highest BCUT2D eigenvalue weighted by atomic mass is 14.0. The Bertz CT molecular complexity index is 220. The summed E-state index contributed by atoms with van der Waals surface area (Å²) in [4.78, 5) is 0. The van der Waals surface area contributed by atoms with Crippen LogP contribution in [0.25, 0.3) is 0 Å². The first-order chi connectivity index (χ1) is 7.06. The summed E-state index contributed by atoms with van der Waals surface area (Å²) in [6.45, 7) is 14.3. The van der Waals surface area contributed by atoms with Crippen molar-refractivity contribution in [2.45, 2.75) is 52.9 Å². The van der Waals surface area contributed by atoms with Gasteiger partial charge in [-0.05, 0) is 51.9 Å². The van der Waals surface area contributed by atoms with Gasteiger partial charge in [-0.1, -0.05) is 30.2 Å². The van der Waals surface area contributed by atoms with E-state index in [1.54, 1.807) is 0 Å². The Morgan fingerprint density at radius 3 is 2.47 bits per heavy atom. The van der Waals surface area contributed by atoms with Crippen LogP contribution in [-0.2, 0) is 0 Å². The normalized spacial score (nSPS) is 13.7. The first-order valence-electron chi connectivity index (χ1n) is 5.98. The molecule has 0 spiro atoms. The lowest BCUT2D eigenvalue weighted by Crippen LogP contribution is -1.87. The maximum atomic E-state index is 3.92. The maximum absolute atomic E-state index is 3.92. The molecule has 0 fully saturated rings. The predicted molar refractivity (Wildman–Crippen MR) is 71.0 cm³/mol. The molecule has 0 aromatic rings. The molecule has 0 heterocycles. The van der Waals surface area contributed by atoms with E-state index in [9.17, 15) is 0 Å². The van der Waals surface area contributed by atoms with Crippen LogP contribution in [0.4, 0.5) is 0 Å². The molecular formula is C15H26. The Labute approximate surface area is 95.8 Å². The Morgan fingerprint density at radius 2 is 1.93 bits per heavy atom. The number of allylic oxidation sites excluding steroid dienone is 4. The van der Waals surface area contributed by atoms with E-state index < -0.39 is 0 Å². The lowest BCUT2D eigenvalue weighted by atomic mass is 10.0. The van der Waals surface area contributed by atoms with Crippen molar-refractivity contribution in [3.05, 3.63) is 36.5 Å².